The third-order valence-corrected chi connectivity index (χ3v) is 6.78. The van der Waals surface area contributed by atoms with Crippen LogP contribution in [0.1, 0.15) is 34.8 Å². The van der Waals surface area contributed by atoms with E-state index in [1.165, 1.54) is 14.2 Å². The number of hydrogen-bond donors (Lipinski definition) is 1. The molecule has 0 spiro atoms. The molecule has 0 saturated carbocycles. The molecule has 1 aliphatic rings. The summed E-state index contributed by atoms with van der Waals surface area (Å²) in [6.45, 7) is -0.229. The quantitative estimate of drug-likeness (QED) is 0.230. The number of anilines is 1. The molecule has 218 valence electrons. The van der Waals surface area contributed by atoms with Crippen LogP contribution in [0.25, 0.3) is 0 Å². The molecular weight excluding hydrogens is 546 g/mol. The summed E-state index contributed by atoms with van der Waals surface area (Å²) in [5.41, 5.74) is -0.776. The fraction of sp³-hybridized carbons (Fsp3) is 0.300. The maximum atomic E-state index is 16.3. The monoisotopic (exact) mass is 575 g/mol. The number of methoxy groups -OCH3 is 3. The van der Waals surface area contributed by atoms with E-state index in [1.807, 2.05) is 0 Å². The normalized spacial score (nSPS) is 15.4. The zero-order valence-electron chi connectivity index (χ0n) is 22.6. The highest BCUT2D eigenvalue weighted by Gasteiger charge is 2.40. The molecule has 1 N–H and O–H groups in total. The van der Waals surface area contributed by atoms with Crippen LogP contribution in [0, 0.1) is 5.82 Å². The Morgan fingerprint density at radius 1 is 0.927 bits per heavy atom. The highest BCUT2D eigenvalue weighted by Crippen LogP contribution is 2.43. The topological polar surface area (TPSA) is 77.5 Å². The first kappa shape index (κ1) is 29.7. The van der Waals surface area contributed by atoms with Crippen LogP contribution >= 0.6 is 0 Å². The molecule has 1 aliphatic heterocycles. The van der Waals surface area contributed by atoms with Crippen LogP contribution in [-0.2, 0) is 33.5 Å². The number of aliphatic hydroxyl groups is 1. The minimum absolute atomic E-state index is 0.0922. The van der Waals surface area contributed by atoms with E-state index in [1.54, 1.807) is 53.4 Å². The zero-order valence-corrected chi connectivity index (χ0v) is 22.6. The molecule has 0 fully saturated rings. The predicted molar refractivity (Wildman–Crippen MR) is 142 cm³/mol. The van der Waals surface area contributed by atoms with Crippen molar-refractivity contribution in [2.45, 2.75) is 31.8 Å². The van der Waals surface area contributed by atoms with Gasteiger partial charge in [-0.05, 0) is 47.5 Å². The van der Waals surface area contributed by atoms with E-state index in [0.717, 1.165) is 30.4 Å². The number of esters is 1. The van der Waals surface area contributed by atoms with Crippen LogP contribution in [0.2, 0.25) is 0 Å². The van der Waals surface area contributed by atoms with Gasteiger partial charge in [0.15, 0.2) is 5.82 Å². The summed E-state index contributed by atoms with van der Waals surface area (Å²) in [5, 5.41) is 10.4. The average molecular weight is 576 g/mol. The first-order chi connectivity index (χ1) is 19.5. The lowest BCUT2D eigenvalue weighted by atomic mass is 9.94. The number of nitrogens with zero attached hydrogens (tertiary/aromatic N) is 1. The Labute approximate surface area is 234 Å². The summed E-state index contributed by atoms with van der Waals surface area (Å²) < 4.78 is 79.1. The number of carbonyl (C=O) groups is 1. The smallest absolute Gasteiger partial charge is 0.416 e. The summed E-state index contributed by atoms with van der Waals surface area (Å²) in [6.07, 6.45) is -6.94. The van der Waals surface area contributed by atoms with Crippen molar-refractivity contribution in [1.29, 1.82) is 0 Å². The second-order valence-electron chi connectivity index (χ2n) is 9.33. The number of halogens is 4. The number of alkyl halides is 3. The SMILES string of the molecule is COC(=O)C1=C(O)CC(c2c(C(F)(F)F)ccc(N(Cc3ccc(OC)cc3)Cc3ccc(OC)cc3)c2F)OC1. The third-order valence-electron chi connectivity index (χ3n) is 6.78. The number of rotatable bonds is 9. The van der Waals surface area contributed by atoms with Gasteiger partial charge in [0, 0.05) is 25.1 Å². The Balaban J connectivity index is 1.79. The molecular formula is C30H29F4NO6. The minimum atomic E-state index is -4.91. The van der Waals surface area contributed by atoms with Crippen LogP contribution in [0.4, 0.5) is 23.2 Å². The lowest BCUT2D eigenvalue weighted by molar-refractivity contribution is -0.141. The highest BCUT2D eigenvalue weighted by atomic mass is 19.4. The van der Waals surface area contributed by atoms with Crippen molar-refractivity contribution in [1.82, 2.24) is 0 Å². The van der Waals surface area contributed by atoms with E-state index in [0.29, 0.717) is 11.5 Å². The van der Waals surface area contributed by atoms with Crippen molar-refractivity contribution in [3.63, 3.8) is 0 Å². The summed E-state index contributed by atoms with van der Waals surface area (Å²) in [4.78, 5) is 13.5. The van der Waals surface area contributed by atoms with Crippen molar-refractivity contribution in [2.75, 3.05) is 32.8 Å². The molecule has 0 bridgehead atoms. The molecule has 1 unspecified atom stereocenters. The number of carbonyl (C=O) groups excluding carboxylic acids is 1. The third kappa shape index (κ3) is 6.74. The summed E-state index contributed by atoms with van der Waals surface area (Å²) in [7, 11) is 4.15. The van der Waals surface area contributed by atoms with Crippen molar-refractivity contribution in [3.8, 4) is 11.5 Å². The molecule has 3 aromatic rings. The van der Waals surface area contributed by atoms with Crippen LogP contribution < -0.4 is 14.4 Å². The zero-order chi connectivity index (χ0) is 29.7. The second-order valence-corrected chi connectivity index (χ2v) is 9.33. The van der Waals surface area contributed by atoms with Gasteiger partial charge < -0.3 is 29.0 Å². The van der Waals surface area contributed by atoms with Gasteiger partial charge in [-0.15, -0.1) is 0 Å². The Hall–Kier alpha value is -4.25. The Bertz CT molecular complexity index is 1350. The van der Waals surface area contributed by atoms with Gasteiger partial charge in [0.25, 0.3) is 0 Å². The van der Waals surface area contributed by atoms with E-state index < -0.39 is 54.0 Å². The molecule has 11 heteroatoms. The fourth-order valence-corrected chi connectivity index (χ4v) is 4.63. The summed E-state index contributed by atoms with van der Waals surface area (Å²) >= 11 is 0. The average Bonchev–Trinajstić information content (AvgIpc) is 2.96. The Morgan fingerprint density at radius 2 is 1.46 bits per heavy atom. The van der Waals surface area contributed by atoms with Crippen LogP contribution in [-0.4, -0.2) is 39.0 Å². The molecule has 0 aromatic heterocycles. The van der Waals surface area contributed by atoms with Crippen molar-refractivity contribution in [2.24, 2.45) is 0 Å². The molecule has 0 aliphatic carbocycles. The number of benzene rings is 3. The van der Waals surface area contributed by atoms with Gasteiger partial charge >= 0.3 is 12.1 Å². The van der Waals surface area contributed by atoms with Gasteiger partial charge in [-0.2, -0.15) is 13.2 Å². The van der Waals surface area contributed by atoms with Crippen molar-refractivity contribution >= 4 is 11.7 Å². The van der Waals surface area contributed by atoms with E-state index in [-0.39, 0.29) is 24.4 Å². The predicted octanol–water partition coefficient (Wildman–Crippen LogP) is 6.52. The lowest BCUT2D eigenvalue weighted by Crippen LogP contribution is -2.27. The van der Waals surface area contributed by atoms with Gasteiger partial charge in [0.1, 0.15) is 22.8 Å². The van der Waals surface area contributed by atoms with Crippen LogP contribution in [0.3, 0.4) is 0 Å². The van der Waals surface area contributed by atoms with E-state index >= 15 is 4.39 Å². The molecule has 3 aromatic carbocycles. The maximum absolute atomic E-state index is 16.3. The number of aliphatic hydroxyl groups excluding tert-OH is 1. The van der Waals surface area contributed by atoms with Gasteiger partial charge in [0.2, 0.25) is 0 Å². The van der Waals surface area contributed by atoms with Gasteiger partial charge in [-0.3, -0.25) is 0 Å². The highest BCUT2D eigenvalue weighted by molar-refractivity contribution is 5.89. The largest absolute Gasteiger partial charge is 0.512 e. The number of hydrogen-bond acceptors (Lipinski definition) is 7. The van der Waals surface area contributed by atoms with Crippen LogP contribution in [0.15, 0.2) is 72.0 Å². The van der Waals surface area contributed by atoms with Gasteiger partial charge in [0.05, 0.1) is 45.3 Å². The first-order valence-electron chi connectivity index (χ1n) is 12.6. The molecule has 0 radical (unpaired) electrons. The van der Waals surface area contributed by atoms with E-state index in [9.17, 15) is 23.1 Å². The molecule has 7 nitrogen and oxygen atoms in total. The van der Waals surface area contributed by atoms with Crippen molar-refractivity contribution < 1.29 is 46.4 Å². The molecule has 1 atom stereocenters. The summed E-state index contributed by atoms with van der Waals surface area (Å²) in [6, 6.07) is 16.0. The summed E-state index contributed by atoms with van der Waals surface area (Å²) in [5.74, 6) is -1.30. The van der Waals surface area contributed by atoms with E-state index in [4.69, 9.17) is 14.2 Å². The molecule has 1 heterocycles. The Kier molecular flexibility index (Phi) is 9.07. The van der Waals surface area contributed by atoms with Gasteiger partial charge in [-0.25, -0.2) is 9.18 Å². The second kappa shape index (κ2) is 12.5. The first-order valence-corrected chi connectivity index (χ1v) is 12.6. The minimum Gasteiger partial charge on any atom is -0.512 e. The fourth-order valence-electron chi connectivity index (χ4n) is 4.63. The van der Waals surface area contributed by atoms with E-state index in [2.05, 4.69) is 4.74 Å². The maximum Gasteiger partial charge on any atom is 0.416 e. The molecule has 4 rings (SSSR count). The standard InChI is InChI=1S/C30H29F4NO6/c1-38-20-8-4-18(5-9-20)15-35(16-19-6-10-21(39-2)11-7-19)24-13-12-23(30(32,33)34)27(28(24)31)26-14-25(36)22(17-41-26)29(37)40-3/h4-13,26,36H,14-17H2,1-3H3. The molecule has 41 heavy (non-hydrogen) atoms. The molecule has 0 amide bonds. The van der Waals surface area contributed by atoms with Crippen molar-refractivity contribution in [3.05, 3.63) is 100 Å². The lowest BCUT2D eigenvalue weighted by Gasteiger charge is -2.31. The van der Waals surface area contributed by atoms with Gasteiger partial charge in [-0.1, -0.05) is 24.3 Å². The molecule has 0 saturated heterocycles. The Morgan fingerprint density at radius 3 is 1.90 bits per heavy atom. The number of ether oxygens (including phenoxy) is 4. The van der Waals surface area contributed by atoms with Crippen LogP contribution in [0.5, 0.6) is 11.5 Å².